The summed E-state index contributed by atoms with van der Waals surface area (Å²) >= 11 is 0. The first-order valence-corrected chi connectivity index (χ1v) is 9.14. The first kappa shape index (κ1) is 20.1. The molecule has 2 atom stereocenters. The van der Waals surface area contributed by atoms with Crippen LogP contribution in [0.1, 0.15) is 58.9 Å². The largest absolute Gasteiger partial charge is 0.445 e. The van der Waals surface area contributed by atoms with Crippen molar-refractivity contribution in [3.63, 3.8) is 0 Å². The fourth-order valence-electron chi connectivity index (χ4n) is 3.20. The zero-order chi connectivity index (χ0) is 19.2. The second-order valence-corrected chi connectivity index (χ2v) is 8.19. The Morgan fingerprint density at radius 1 is 1.19 bits per heavy atom. The van der Waals surface area contributed by atoms with Crippen LogP contribution in [-0.4, -0.2) is 29.4 Å². The van der Waals surface area contributed by atoms with Crippen molar-refractivity contribution in [2.75, 3.05) is 0 Å². The first-order chi connectivity index (χ1) is 12.2. The number of alkyl carbamates (subject to hydrolysis) is 2. The lowest BCUT2D eigenvalue weighted by Crippen LogP contribution is -2.54. The van der Waals surface area contributed by atoms with E-state index in [9.17, 15) is 9.59 Å². The summed E-state index contributed by atoms with van der Waals surface area (Å²) in [6.45, 7) is 7.73. The number of hydrogen-bond donors (Lipinski definition) is 2. The number of benzene rings is 1. The fourth-order valence-corrected chi connectivity index (χ4v) is 3.20. The lowest BCUT2D eigenvalue weighted by Gasteiger charge is -2.38. The molecule has 0 heterocycles. The van der Waals surface area contributed by atoms with Crippen molar-refractivity contribution in [1.82, 2.24) is 10.6 Å². The third-order valence-corrected chi connectivity index (χ3v) is 4.32. The highest BCUT2D eigenvalue weighted by atomic mass is 16.6. The molecule has 0 aliphatic heterocycles. The molecule has 0 radical (unpaired) electrons. The molecule has 1 saturated carbocycles. The molecular weight excluding hydrogens is 332 g/mol. The average Bonchev–Trinajstić information content (AvgIpc) is 2.51. The molecule has 6 heteroatoms. The number of nitrogens with one attached hydrogen (secondary N) is 2. The van der Waals surface area contributed by atoms with Crippen molar-refractivity contribution in [1.29, 1.82) is 0 Å². The van der Waals surface area contributed by atoms with Crippen LogP contribution >= 0.6 is 0 Å². The van der Waals surface area contributed by atoms with Gasteiger partial charge in [0.1, 0.15) is 12.2 Å². The molecule has 0 spiro atoms. The van der Waals surface area contributed by atoms with Gasteiger partial charge in [-0.2, -0.15) is 0 Å². The zero-order valence-electron chi connectivity index (χ0n) is 16.1. The van der Waals surface area contributed by atoms with Crippen molar-refractivity contribution in [2.45, 2.75) is 77.2 Å². The molecule has 2 N–H and O–H groups in total. The van der Waals surface area contributed by atoms with Crippen molar-refractivity contribution in [3.8, 4) is 0 Å². The summed E-state index contributed by atoms with van der Waals surface area (Å²) in [7, 11) is 0. The van der Waals surface area contributed by atoms with Gasteiger partial charge >= 0.3 is 12.2 Å². The van der Waals surface area contributed by atoms with Gasteiger partial charge in [0.2, 0.25) is 0 Å². The normalized spacial score (nSPS) is 23.0. The first-order valence-electron chi connectivity index (χ1n) is 9.14. The Morgan fingerprint density at radius 2 is 1.88 bits per heavy atom. The minimum Gasteiger partial charge on any atom is -0.445 e. The fraction of sp³-hybridized carbons (Fsp3) is 0.600. The molecule has 0 aromatic heterocycles. The molecule has 1 aromatic rings. The van der Waals surface area contributed by atoms with E-state index in [1.54, 1.807) is 0 Å². The number of carbonyl (C=O) groups is 2. The van der Waals surface area contributed by atoms with E-state index in [0.717, 1.165) is 24.8 Å². The highest BCUT2D eigenvalue weighted by Crippen LogP contribution is 2.28. The van der Waals surface area contributed by atoms with E-state index in [1.165, 1.54) is 0 Å². The quantitative estimate of drug-likeness (QED) is 0.844. The smallest absolute Gasteiger partial charge is 0.407 e. The van der Waals surface area contributed by atoms with E-state index in [1.807, 2.05) is 58.0 Å². The SMILES string of the molecule is CC(C)(C)OC(=O)N[C@@H]1CCC[C@](C)(NC(=O)OCc2ccccc2)C1. The molecule has 1 aromatic carbocycles. The molecule has 0 unspecified atom stereocenters. The molecule has 26 heavy (non-hydrogen) atoms. The predicted octanol–water partition coefficient (Wildman–Crippen LogP) is 4.14. The Bertz CT molecular complexity index is 612. The van der Waals surface area contributed by atoms with Gasteiger partial charge in [0.05, 0.1) is 0 Å². The summed E-state index contributed by atoms with van der Waals surface area (Å²) in [5, 5.41) is 5.87. The molecule has 2 amide bonds. The van der Waals surface area contributed by atoms with Crippen LogP contribution in [-0.2, 0) is 16.1 Å². The Labute approximate surface area is 155 Å². The van der Waals surface area contributed by atoms with Gasteiger partial charge in [-0.1, -0.05) is 30.3 Å². The number of amides is 2. The van der Waals surface area contributed by atoms with Crippen molar-refractivity contribution in [3.05, 3.63) is 35.9 Å². The maximum atomic E-state index is 12.2. The van der Waals surface area contributed by atoms with E-state index in [2.05, 4.69) is 10.6 Å². The zero-order valence-corrected chi connectivity index (χ0v) is 16.1. The van der Waals surface area contributed by atoms with Crippen LogP contribution < -0.4 is 10.6 Å². The van der Waals surface area contributed by atoms with E-state index in [4.69, 9.17) is 9.47 Å². The number of ether oxygens (including phenoxy) is 2. The molecule has 144 valence electrons. The number of carbonyl (C=O) groups excluding carboxylic acids is 2. The topological polar surface area (TPSA) is 76.7 Å². The lowest BCUT2D eigenvalue weighted by molar-refractivity contribution is 0.0476. The van der Waals surface area contributed by atoms with Gasteiger partial charge in [-0.15, -0.1) is 0 Å². The van der Waals surface area contributed by atoms with Crippen LogP contribution in [0.2, 0.25) is 0 Å². The highest BCUT2D eigenvalue weighted by molar-refractivity contribution is 5.69. The van der Waals surface area contributed by atoms with Gasteiger partial charge in [0.15, 0.2) is 0 Å². The van der Waals surface area contributed by atoms with E-state index >= 15 is 0 Å². The summed E-state index contributed by atoms with van der Waals surface area (Å²) in [6.07, 6.45) is 2.42. The van der Waals surface area contributed by atoms with Crippen LogP contribution in [0.4, 0.5) is 9.59 Å². The van der Waals surface area contributed by atoms with Crippen LogP contribution in [0.3, 0.4) is 0 Å². The Kier molecular flexibility index (Phi) is 6.51. The van der Waals surface area contributed by atoms with E-state index in [0.29, 0.717) is 6.42 Å². The van der Waals surface area contributed by atoms with Crippen LogP contribution in [0.15, 0.2) is 30.3 Å². The molecular formula is C20H30N2O4. The molecule has 6 nitrogen and oxygen atoms in total. The lowest BCUT2D eigenvalue weighted by atomic mass is 9.80. The molecule has 2 rings (SSSR count). The maximum Gasteiger partial charge on any atom is 0.407 e. The minimum atomic E-state index is -0.526. The van der Waals surface area contributed by atoms with Gasteiger partial charge < -0.3 is 20.1 Å². The van der Waals surface area contributed by atoms with Crippen molar-refractivity contribution >= 4 is 12.2 Å². The van der Waals surface area contributed by atoms with Crippen molar-refractivity contribution < 1.29 is 19.1 Å². The summed E-state index contributed by atoms with van der Waals surface area (Å²) in [5.74, 6) is 0. The third kappa shape index (κ3) is 6.94. The third-order valence-electron chi connectivity index (χ3n) is 4.32. The standard InChI is InChI=1S/C20H30N2O4/c1-19(2,3)26-17(23)21-16-11-8-12-20(4,13-16)22-18(24)25-14-15-9-6-5-7-10-15/h5-7,9-10,16H,8,11-14H2,1-4H3,(H,21,23)(H,22,24)/t16-,20+/m1/s1. The van der Waals surface area contributed by atoms with E-state index in [-0.39, 0.29) is 12.6 Å². The van der Waals surface area contributed by atoms with Crippen LogP contribution in [0.5, 0.6) is 0 Å². The Hall–Kier alpha value is -2.24. The van der Waals surface area contributed by atoms with Gasteiger partial charge in [0.25, 0.3) is 0 Å². The minimum absolute atomic E-state index is 0.0296. The monoisotopic (exact) mass is 362 g/mol. The molecule has 1 aliphatic rings. The van der Waals surface area contributed by atoms with Gasteiger partial charge in [0, 0.05) is 11.6 Å². The second kappa shape index (κ2) is 8.43. The summed E-state index contributed by atoms with van der Waals surface area (Å²) < 4.78 is 10.6. The molecule has 1 fully saturated rings. The maximum absolute atomic E-state index is 12.2. The van der Waals surface area contributed by atoms with Gasteiger partial charge in [-0.05, 0) is 58.9 Å². The molecule has 1 aliphatic carbocycles. The van der Waals surface area contributed by atoms with Crippen LogP contribution in [0, 0.1) is 0 Å². The number of hydrogen-bond acceptors (Lipinski definition) is 4. The molecule has 0 bridgehead atoms. The summed E-state index contributed by atoms with van der Waals surface area (Å²) in [4.78, 5) is 24.1. The van der Waals surface area contributed by atoms with Crippen LogP contribution in [0.25, 0.3) is 0 Å². The summed E-state index contributed by atoms with van der Waals surface area (Å²) in [5.41, 5.74) is 0.00804. The predicted molar refractivity (Wildman–Crippen MR) is 99.8 cm³/mol. The van der Waals surface area contributed by atoms with Gasteiger partial charge in [-0.3, -0.25) is 0 Å². The second-order valence-electron chi connectivity index (χ2n) is 8.19. The Morgan fingerprint density at radius 3 is 2.54 bits per heavy atom. The number of rotatable bonds is 4. The van der Waals surface area contributed by atoms with Gasteiger partial charge in [-0.25, -0.2) is 9.59 Å². The molecule has 0 saturated heterocycles. The average molecular weight is 362 g/mol. The van der Waals surface area contributed by atoms with E-state index < -0.39 is 23.3 Å². The summed E-state index contributed by atoms with van der Waals surface area (Å²) in [6, 6.07) is 9.54. The van der Waals surface area contributed by atoms with Crippen molar-refractivity contribution in [2.24, 2.45) is 0 Å². The Balaban J connectivity index is 1.82. The highest BCUT2D eigenvalue weighted by Gasteiger charge is 2.35.